The van der Waals surface area contributed by atoms with Crippen molar-refractivity contribution in [3.05, 3.63) is 53.6 Å². The van der Waals surface area contributed by atoms with Gasteiger partial charge in [-0.15, -0.1) is 0 Å². The summed E-state index contributed by atoms with van der Waals surface area (Å²) in [5.74, 6) is -3.66. The molecule has 0 saturated heterocycles. The summed E-state index contributed by atoms with van der Waals surface area (Å²) in [5, 5.41) is 40.7. The quantitative estimate of drug-likeness (QED) is 0.348. The minimum atomic E-state index is -1.53. The van der Waals surface area contributed by atoms with Gasteiger partial charge >= 0.3 is 59.1 Å². The summed E-state index contributed by atoms with van der Waals surface area (Å²) in [4.78, 5) is 32.9. The van der Waals surface area contributed by atoms with Gasteiger partial charge in [-0.1, -0.05) is 0 Å². The minimum Gasteiger partial charge on any atom is -0.550 e. The molecule has 0 radical (unpaired) electrons. The van der Waals surface area contributed by atoms with Crippen LogP contribution in [0.15, 0.2) is 52.7 Å². The molecule has 0 unspecified atom stereocenters. The second-order valence-electron chi connectivity index (χ2n) is 5.11. The number of hydrogen-bond acceptors (Lipinski definition) is 8. The van der Waals surface area contributed by atoms with E-state index in [-0.39, 0.29) is 77.8 Å². The summed E-state index contributed by atoms with van der Waals surface area (Å²) in [5.41, 5.74) is 0.515. The van der Waals surface area contributed by atoms with Crippen LogP contribution in [0.25, 0.3) is 0 Å². The maximum atomic E-state index is 11.8. The Bertz CT molecular complexity index is 872. The molecule has 134 valence electrons. The summed E-state index contributed by atoms with van der Waals surface area (Å²) < 4.78 is 0. The van der Waals surface area contributed by atoms with Crippen molar-refractivity contribution in [2.24, 2.45) is 10.2 Å². The molecule has 0 aliphatic rings. The van der Waals surface area contributed by atoms with Crippen molar-refractivity contribution in [2.45, 2.75) is 6.42 Å². The standard InChI is InChI=1S/C17H15N3O6.2Na/c21-14-6-5-12(9-13(14)17(25)26)20-19-11-3-1-10(2-4-11)16(24)18-8-7-15(22)23;;/h1-6,9,21H,7-8H2,(H,18,24)(H,22,23)(H,25,26);;/q;2*+1/p-2/b20-19+;;. The smallest absolute Gasteiger partial charge is 0.550 e. The first-order valence-corrected chi connectivity index (χ1v) is 7.41. The largest absolute Gasteiger partial charge is 1.00 e. The number of phenols is 1. The topological polar surface area (TPSA) is 154 Å². The maximum Gasteiger partial charge on any atom is 1.00 e. The molecule has 0 aliphatic carbocycles. The summed E-state index contributed by atoms with van der Waals surface area (Å²) in [6, 6.07) is 9.64. The number of aromatic hydroxyl groups is 1. The fourth-order valence-corrected chi connectivity index (χ4v) is 1.92. The zero-order chi connectivity index (χ0) is 19.1. The Balaban J connectivity index is 0.00000364. The molecular formula is C17H13N3Na2O6. The van der Waals surface area contributed by atoms with Gasteiger partial charge in [-0.05, 0) is 42.5 Å². The van der Waals surface area contributed by atoms with Crippen LogP contribution in [0.4, 0.5) is 11.4 Å². The number of carboxylic acids is 2. The predicted octanol–water partition coefficient (Wildman–Crippen LogP) is -5.95. The van der Waals surface area contributed by atoms with Crippen molar-refractivity contribution >= 4 is 29.2 Å². The molecule has 2 aromatic carbocycles. The Morgan fingerprint density at radius 2 is 1.50 bits per heavy atom. The van der Waals surface area contributed by atoms with E-state index < -0.39 is 29.2 Å². The number of aromatic carboxylic acids is 1. The van der Waals surface area contributed by atoms with E-state index in [4.69, 9.17) is 0 Å². The van der Waals surface area contributed by atoms with Gasteiger partial charge < -0.3 is 30.2 Å². The number of azo groups is 1. The molecule has 2 rings (SSSR count). The predicted molar refractivity (Wildman–Crippen MR) is 85.0 cm³/mol. The molecule has 1 amide bonds. The third kappa shape index (κ3) is 8.09. The Kier molecular flexibility index (Phi) is 11.9. The number of carbonyl (C=O) groups excluding carboxylic acids is 3. The van der Waals surface area contributed by atoms with E-state index in [1.165, 1.54) is 36.4 Å². The fraction of sp³-hybridized carbons (Fsp3) is 0.118. The molecule has 0 aromatic heterocycles. The van der Waals surface area contributed by atoms with Crippen LogP contribution in [0.1, 0.15) is 27.1 Å². The number of nitrogens with zero attached hydrogens (tertiary/aromatic N) is 2. The Morgan fingerprint density at radius 1 is 0.929 bits per heavy atom. The van der Waals surface area contributed by atoms with Crippen LogP contribution in [-0.4, -0.2) is 29.5 Å². The number of aliphatic carboxylic acids is 1. The maximum absolute atomic E-state index is 11.8. The van der Waals surface area contributed by atoms with E-state index in [1.807, 2.05) is 0 Å². The van der Waals surface area contributed by atoms with Gasteiger partial charge in [-0.2, -0.15) is 10.2 Å². The van der Waals surface area contributed by atoms with Crippen LogP contribution in [-0.2, 0) is 4.79 Å². The number of carboxylic acid groups (broad SMARTS) is 2. The second kappa shape index (κ2) is 12.7. The van der Waals surface area contributed by atoms with Crippen molar-refractivity contribution in [1.29, 1.82) is 0 Å². The zero-order valence-corrected chi connectivity index (χ0v) is 19.3. The van der Waals surface area contributed by atoms with E-state index >= 15 is 0 Å². The van der Waals surface area contributed by atoms with E-state index in [9.17, 15) is 29.7 Å². The zero-order valence-electron chi connectivity index (χ0n) is 15.3. The minimum absolute atomic E-state index is 0. The van der Waals surface area contributed by atoms with Gasteiger partial charge in [-0.25, -0.2) is 0 Å². The van der Waals surface area contributed by atoms with Crippen LogP contribution in [0.5, 0.6) is 5.75 Å². The molecule has 2 N–H and O–H groups in total. The van der Waals surface area contributed by atoms with Crippen molar-refractivity contribution in [1.82, 2.24) is 5.32 Å². The van der Waals surface area contributed by atoms with Crippen LogP contribution >= 0.6 is 0 Å². The monoisotopic (exact) mass is 401 g/mol. The van der Waals surface area contributed by atoms with E-state index in [1.54, 1.807) is 0 Å². The average molecular weight is 401 g/mol. The van der Waals surface area contributed by atoms with Crippen molar-refractivity contribution < 1.29 is 88.8 Å². The van der Waals surface area contributed by atoms with E-state index in [0.29, 0.717) is 11.3 Å². The number of amides is 1. The molecule has 9 nitrogen and oxygen atoms in total. The first-order chi connectivity index (χ1) is 12.4. The Morgan fingerprint density at radius 3 is 2.07 bits per heavy atom. The Labute approximate surface area is 204 Å². The third-order valence-electron chi connectivity index (χ3n) is 3.23. The molecule has 0 saturated carbocycles. The molecule has 2 aromatic rings. The molecule has 28 heavy (non-hydrogen) atoms. The van der Waals surface area contributed by atoms with Crippen LogP contribution in [0.2, 0.25) is 0 Å². The Hall–Kier alpha value is -1.75. The second-order valence-corrected chi connectivity index (χ2v) is 5.11. The van der Waals surface area contributed by atoms with E-state index in [0.717, 1.165) is 6.07 Å². The summed E-state index contributed by atoms with van der Waals surface area (Å²) in [6.45, 7) is -0.0375. The summed E-state index contributed by atoms with van der Waals surface area (Å²) in [6.07, 6.45) is -0.279. The van der Waals surface area contributed by atoms with Crippen molar-refractivity contribution in [2.75, 3.05) is 6.54 Å². The summed E-state index contributed by atoms with van der Waals surface area (Å²) in [7, 11) is 0. The number of hydrogen-bond donors (Lipinski definition) is 2. The fourth-order valence-electron chi connectivity index (χ4n) is 1.92. The number of rotatable bonds is 7. The molecule has 11 heteroatoms. The van der Waals surface area contributed by atoms with Crippen LogP contribution < -0.4 is 74.6 Å². The SMILES string of the molecule is O=C([O-])CCNC(=O)c1ccc(/N=N/c2ccc(O)c(C(=O)[O-])c2)cc1.[Na+].[Na+]. The molecule has 0 bridgehead atoms. The normalized spacial score (nSPS) is 9.86. The third-order valence-corrected chi connectivity index (χ3v) is 3.23. The number of benzene rings is 2. The van der Waals surface area contributed by atoms with Crippen molar-refractivity contribution in [3.8, 4) is 5.75 Å². The van der Waals surface area contributed by atoms with Crippen LogP contribution in [0.3, 0.4) is 0 Å². The first kappa shape index (κ1) is 26.2. The first-order valence-electron chi connectivity index (χ1n) is 7.41. The van der Waals surface area contributed by atoms with Gasteiger partial charge in [0, 0.05) is 30.1 Å². The molecular weight excluding hydrogens is 388 g/mol. The van der Waals surface area contributed by atoms with Gasteiger partial charge in [0.25, 0.3) is 5.91 Å². The van der Waals surface area contributed by atoms with Gasteiger partial charge in [0.05, 0.1) is 17.3 Å². The van der Waals surface area contributed by atoms with Gasteiger partial charge in [0.15, 0.2) is 0 Å². The van der Waals surface area contributed by atoms with Gasteiger partial charge in [0.1, 0.15) is 5.75 Å². The molecule has 0 heterocycles. The molecule has 0 fully saturated rings. The number of nitrogens with one attached hydrogen (secondary N) is 1. The summed E-state index contributed by atoms with van der Waals surface area (Å²) >= 11 is 0. The van der Waals surface area contributed by atoms with Gasteiger partial charge in [0.2, 0.25) is 0 Å². The molecule has 0 spiro atoms. The molecule has 0 aliphatic heterocycles. The van der Waals surface area contributed by atoms with Crippen LogP contribution in [0, 0.1) is 0 Å². The molecule has 0 atom stereocenters. The average Bonchev–Trinajstić information content (AvgIpc) is 2.60. The van der Waals surface area contributed by atoms with Crippen molar-refractivity contribution in [3.63, 3.8) is 0 Å². The van der Waals surface area contributed by atoms with E-state index in [2.05, 4.69) is 15.5 Å². The van der Waals surface area contributed by atoms with Gasteiger partial charge in [-0.3, -0.25) is 4.79 Å². The number of carbonyl (C=O) groups is 3.